The number of rotatable bonds is 8. The van der Waals surface area contributed by atoms with Gasteiger partial charge in [-0.25, -0.2) is 8.42 Å². The molecule has 0 amide bonds. The van der Waals surface area contributed by atoms with E-state index in [0.717, 1.165) is 0 Å². The Morgan fingerprint density at radius 2 is 2.00 bits per heavy atom. The molecule has 0 fully saturated rings. The average molecular weight is 387 g/mol. The predicted molar refractivity (Wildman–Crippen MR) is 79.8 cm³/mol. The minimum Gasteiger partial charge on any atom is -0.492 e. The van der Waals surface area contributed by atoms with E-state index < -0.39 is 14.0 Å². The van der Waals surface area contributed by atoms with Crippen molar-refractivity contribution in [2.45, 2.75) is 19.3 Å². The third kappa shape index (κ3) is 6.53. The number of unbranched alkanes of at least 4 members (excludes halogenated alkanes) is 2. The van der Waals surface area contributed by atoms with Gasteiger partial charge in [0.05, 0.1) is 27.8 Å². The quantitative estimate of drug-likeness (QED) is 0.295. The molecule has 0 atom stereocenters. The highest BCUT2D eigenvalue weighted by molar-refractivity contribution is 9.10. The minimum atomic E-state index is -3.44. The Balaban J connectivity index is 2.38. The first-order chi connectivity index (χ1) is 9.29. The summed E-state index contributed by atoms with van der Waals surface area (Å²) >= 11 is 3.24. The van der Waals surface area contributed by atoms with Crippen LogP contribution in [0.3, 0.4) is 0 Å². The van der Waals surface area contributed by atoms with E-state index in [1.54, 1.807) is 6.07 Å². The molecule has 0 heterocycles. The van der Waals surface area contributed by atoms with Gasteiger partial charge in [0, 0.05) is 16.7 Å². The molecule has 0 saturated heterocycles. The van der Waals surface area contributed by atoms with E-state index in [1.165, 1.54) is 12.1 Å². The van der Waals surface area contributed by atoms with Crippen LogP contribution in [0, 0.1) is 10.1 Å². The number of non-ortho nitro benzene ring substituents is 1. The Hall–Kier alpha value is -0.860. The number of halogens is 2. The average Bonchev–Trinajstić information content (AvgIpc) is 2.34. The van der Waals surface area contributed by atoms with Gasteiger partial charge in [0.15, 0.2) is 0 Å². The van der Waals surface area contributed by atoms with E-state index in [0.29, 0.717) is 36.1 Å². The van der Waals surface area contributed by atoms with Gasteiger partial charge in [-0.3, -0.25) is 10.1 Å². The van der Waals surface area contributed by atoms with Crippen molar-refractivity contribution < 1.29 is 18.1 Å². The van der Waals surface area contributed by atoms with Crippen LogP contribution < -0.4 is 4.74 Å². The molecule has 0 aliphatic rings. The minimum absolute atomic E-state index is 0.0450. The van der Waals surface area contributed by atoms with Crippen LogP contribution in [0.5, 0.6) is 5.75 Å². The molecule has 0 aliphatic heterocycles. The van der Waals surface area contributed by atoms with E-state index in [1.807, 2.05) is 0 Å². The molecule has 0 spiro atoms. The maximum Gasteiger partial charge on any atom is 0.273 e. The highest BCUT2D eigenvalue weighted by Gasteiger charge is 2.10. The number of benzene rings is 1. The lowest BCUT2D eigenvalue weighted by Crippen LogP contribution is -2.01. The molecule has 0 aliphatic carbocycles. The molecule has 112 valence electrons. The number of nitro groups is 1. The summed E-state index contributed by atoms with van der Waals surface area (Å²) in [4.78, 5) is 10.1. The van der Waals surface area contributed by atoms with Gasteiger partial charge in [-0.2, -0.15) is 0 Å². The molecule has 0 aromatic heterocycles. The molecular weight excluding hydrogens is 374 g/mol. The molecule has 1 aromatic carbocycles. The van der Waals surface area contributed by atoms with E-state index in [9.17, 15) is 18.5 Å². The fraction of sp³-hybridized carbons (Fsp3) is 0.455. The normalized spacial score (nSPS) is 11.3. The lowest BCUT2D eigenvalue weighted by atomic mass is 10.2. The van der Waals surface area contributed by atoms with Gasteiger partial charge < -0.3 is 4.74 Å². The molecule has 1 rings (SSSR count). The van der Waals surface area contributed by atoms with Crippen molar-refractivity contribution in [3.8, 4) is 5.75 Å². The largest absolute Gasteiger partial charge is 0.492 e. The monoisotopic (exact) mass is 385 g/mol. The van der Waals surface area contributed by atoms with Crippen LogP contribution in [0.25, 0.3) is 0 Å². The second kappa shape index (κ2) is 7.80. The van der Waals surface area contributed by atoms with E-state index in [2.05, 4.69) is 15.9 Å². The molecule has 9 heteroatoms. The lowest BCUT2D eigenvalue weighted by molar-refractivity contribution is -0.385. The number of nitro benzene ring substituents is 1. The summed E-state index contributed by atoms with van der Waals surface area (Å²) in [5, 5.41) is 10.6. The lowest BCUT2D eigenvalue weighted by Gasteiger charge is -2.07. The summed E-state index contributed by atoms with van der Waals surface area (Å²) in [6.45, 7) is 0.349. The summed E-state index contributed by atoms with van der Waals surface area (Å²) in [5.74, 6) is 0.332. The first kappa shape index (κ1) is 17.2. The highest BCUT2D eigenvalue weighted by Crippen LogP contribution is 2.29. The smallest absolute Gasteiger partial charge is 0.273 e. The Morgan fingerprint density at radius 1 is 1.30 bits per heavy atom. The second-order valence-electron chi connectivity index (χ2n) is 4.02. The van der Waals surface area contributed by atoms with Gasteiger partial charge in [0.2, 0.25) is 9.05 Å². The molecule has 6 nitrogen and oxygen atoms in total. The second-order valence-corrected chi connectivity index (χ2v) is 7.77. The van der Waals surface area contributed by atoms with E-state index >= 15 is 0 Å². The first-order valence-corrected chi connectivity index (χ1v) is 9.06. The molecule has 20 heavy (non-hydrogen) atoms. The zero-order valence-electron chi connectivity index (χ0n) is 10.4. The van der Waals surface area contributed by atoms with Crippen LogP contribution in [0.15, 0.2) is 22.7 Å². The summed E-state index contributed by atoms with van der Waals surface area (Å²) in [5.41, 5.74) is -0.0450. The van der Waals surface area contributed by atoms with Gasteiger partial charge in [0.25, 0.3) is 5.69 Å². The standard InChI is InChI=1S/C11H13BrClNO5S/c12-10-5-4-9(14(15)16)8-11(10)19-6-2-1-3-7-20(13,17)18/h4-5,8H,1-3,6-7H2. The molecule has 0 bridgehead atoms. The molecular formula is C11H13BrClNO5S. The van der Waals surface area contributed by atoms with Crippen molar-refractivity contribution in [3.05, 3.63) is 32.8 Å². The Kier molecular flexibility index (Phi) is 6.70. The number of nitrogens with zero attached hydrogens (tertiary/aromatic N) is 1. The van der Waals surface area contributed by atoms with Crippen LogP contribution in [0.1, 0.15) is 19.3 Å². The summed E-state index contributed by atoms with van der Waals surface area (Å²) in [6, 6.07) is 4.27. The molecule has 0 N–H and O–H groups in total. The molecule has 1 aromatic rings. The van der Waals surface area contributed by atoms with Crippen LogP contribution in [-0.4, -0.2) is 25.7 Å². The predicted octanol–water partition coefficient (Wildman–Crippen LogP) is 3.48. The van der Waals surface area contributed by atoms with Gasteiger partial charge >= 0.3 is 0 Å². The van der Waals surface area contributed by atoms with Gasteiger partial charge in [-0.05, 0) is 41.3 Å². The Bertz CT molecular complexity index is 578. The number of hydrogen-bond acceptors (Lipinski definition) is 5. The van der Waals surface area contributed by atoms with Crippen LogP contribution in [-0.2, 0) is 9.05 Å². The van der Waals surface area contributed by atoms with Crippen molar-refractivity contribution in [1.82, 2.24) is 0 Å². The molecule has 0 saturated carbocycles. The fourth-order valence-corrected chi connectivity index (χ4v) is 2.69. The zero-order chi connectivity index (χ0) is 15.2. The van der Waals surface area contributed by atoms with Crippen molar-refractivity contribution in [1.29, 1.82) is 0 Å². The maximum absolute atomic E-state index is 10.7. The van der Waals surface area contributed by atoms with Gasteiger partial charge in [-0.1, -0.05) is 0 Å². The first-order valence-electron chi connectivity index (χ1n) is 5.78. The summed E-state index contributed by atoms with van der Waals surface area (Å²) in [6.07, 6.45) is 1.76. The van der Waals surface area contributed by atoms with Crippen molar-refractivity contribution in [2.75, 3.05) is 12.4 Å². The van der Waals surface area contributed by atoms with Crippen molar-refractivity contribution >= 4 is 41.4 Å². The van der Waals surface area contributed by atoms with Gasteiger partial charge in [0.1, 0.15) is 5.75 Å². The van der Waals surface area contributed by atoms with Crippen LogP contribution >= 0.6 is 26.6 Å². The topological polar surface area (TPSA) is 86.5 Å². The number of ether oxygens (including phenoxy) is 1. The Labute approximate surface area is 129 Å². The third-order valence-corrected chi connectivity index (χ3v) is 4.31. The highest BCUT2D eigenvalue weighted by atomic mass is 79.9. The summed E-state index contributed by atoms with van der Waals surface area (Å²) in [7, 11) is 1.64. The Morgan fingerprint density at radius 3 is 2.60 bits per heavy atom. The van der Waals surface area contributed by atoms with Crippen LogP contribution in [0.2, 0.25) is 0 Å². The maximum atomic E-state index is 10.7. The van der Waals surface area contributed by atoms with Gasteiger partial charge in [-0.15, -0.1) is 0 Å². The van der Waals surface area contributed by atoms with E-state index in [-0.39, 0.29) is 11.4 Å². The summed E-state index contributed by atoms with van der Waals surface area (Å²) < 4.78 is 27.4. The van der Waals surface area contributed by atoms with E-state index in [4.69, 9.17) is 15.4 Å². The zero-order valence-corrected chi connectivity index (χ0v) is 13.6. The van der Waals surface area contributed by atoms with Crippen molar-refractivity contribution in [3.63, 3.8) is 0 Å². The fourth-order valence-electron chi connectivity index (χ4n) is 1.45. The third-order valence-electron chi connectivity index (χ3n) is 2.42. The SMILES string of the molecule is O=[N+]([O-])c1ccc(Br)c(OCCCCCS(=O)(=O)Cl)c1. The van der Waals surface area contributed by atoms with Crippen LogP contribution in [0.4, 0.5) is 5.69 Å². The molecule has 0 unspecified atom stereocenters. The van der Waals surface area contributed by atoms with Crippen molar-refractivity contribution in [2.24, 2.45) is 0 Å². The number of hydrogen-bond donors (Lipinski definition) is 0. The molecule has 0 radical (unpaired) electrons.